The van der Waals surface area contributed by atoms with Gasteiger partial charge in [0.2, 0.25) is 0 Å². The third-order valence-corrected chi connectivity index (χ3v) is 7.23. The Hall–Kier alpha value is -2.11. The van der Waals surface area contributed by atoms with Crippen LogP contribution in [0.15, 0.2) is 48.5 Å². The molecule has 2 heteroatoms. The molecule has 148 valence electrons. The molecule has 0 spiro atoms. The molecule has 0 saturated heterocycles. The monoisotopic (exact) mass is 400 g/mol. The first-order valence-electron chi connectivity index (χ1n) is 11.0. The second-order valence-corrected chi connectivity index (χ2v) is 9.06. The third kappa shape index (κ3) is 3.40. The number of fused-ring (bicyclic) bond motifs is 2. The van der Waals surface area contributed by atoms with Gasteiger partial charge in [-0.15, -0.1) is 9.24 Å². The molecule has 0 saturated carbocycles. The van der Waals surface area contributed by atoms with Crippen LogP contribution in [0.25, 0.3) is 22.3 Å². The van der Waals surface area contributed by atoms with E-state index in [9.17, 15) is 0 Å². The predicted octanol–water partition coefficient (Wildman–Crippen LogP) is 6.29. The van der Waals surface area contributed by atoms with E-state index >= 15 is 0 Å². The molecule has 1 unspecified atom stereocenters. The fraction of sp³-hybridized carbons (Fsp3) is 0.333. The molecule has 0 fully saturated rings. The van der Waals surface area contributed by atoms with E-state index in [2.05, 4.69) is 57.8 Å². The predicted molar refractivity (Wildman–Crippen MR) is 126 cm³/mol. The largest absolute Gasteiger partial charge is 0.497 e. The quantitative estimate of drug-likeness (QED) is 0.470. The van der Waals surface area contributed by atoms with E-state index in [-0.39, 0.29) is 0 Å². The average molecular weight is 401 g/mol. The summed E-state index contributed by atoms with van der Waals surface area (Å²) < 4.78 is 5.40. The summed E-state index contributed by atoms with van der Waals surface area (Å²) in [6.07, 6.45) is 10.1. The Bertz CT molecular complexity index is 1050. The Morgan fingerprint density at radius 3 is 1.90 bits per heavy atom. The summed E-state index contributed by atoms with van der Waals surface area (Å²) in [6.45, 7) is 0. The first-order valence-corrected chi connectivity index (χ1v) is 11.5. The number of aryl methyl sites for hydroxylation is 2. The number of methoxy groups -OCH3 is 1. The fourth-order valence-corrected chi connectivity index (χ4v) is 5.68. The highest BCUT2D eigenvalue weighted by Crippen LogP contribution is 2.42. The fourth-order valence-electron chi connectivity index (χ4n) is 5.27. The van der Waals surface area contributed by atoms with Gasteiger partial charge in [-0.05, 0) is 113 Å². The Labute approximate surface area is 176 Å². The number of benzene rings is 3. The lowest BCUT2D eigenvalue weighted by atomic mass is 9.78. The lowest BCUT2D eigenvalue weighted by Gasteiger charge is -2.28. The third-order valence-electron chi connectivity index (χ3n) is 6.75. The molecule has 3 aromatic carbocycles. The van der Waals surface area contributed by atoms with E-state index in [1.165, 1.54) is 78.9 Å². The second kappa shape index (κ2) is 7.96. The summed E-state index contributed by atoms with van der Waals surface area (Å²) >= 11 is 0. The highest BCUT2D eigenvalue weighted by Gasteiger charge is 2.24. The van der Waals surface area contributed by atoms with Crippen LogP contribution in [-0.2, 0) is 25.7 Å². The SMILES string of the molecule is COc1ccc(-c2ccc3c(c2-c2c(P)ccc4c2CCCC4)CCCC3)cc1. The van der Waals surface area contributed by atoms with Crippen LogP contribution in [0.1, 0.15) is 47.9 Å². The van der Waals surface area contributed by atoms with Crippen molar-refractivity contribution in [2.45, 2.75) is 51.4 Å². The minimum absolute atomic E-state index is 0.914. The van der Waals surface area contributed by atoms with Crippen molar-refractivity contribution < 1.29 is 4.74 Å². The molecule has 0 N–H and O–H groups in total. The first-order chi connectivity index (χ1) is 14.3. The van der Waals surface area contributed by atoms with Crippen molar-refractivity contribution >= 4 is 14.5 Å². The van der Waals surface area contributed by atoms with Gasteiger partial charge < -0.3 is 4.74 Å². The van der Waals surface area contributed by atoms with Gasteiger partial charge in [-0.3, -0.25) is 0 Å². The lowest BCUT2D eigenvalue weighted by molar-refractivity contribution is 0.415. The highest BCUT2D eigenvalue weighted by molar-refractivity contribution is 7.28. The van der Waals surface area contributed by atoms with Gasteiger partial charge >= 0.3 is 0 Å². The minimum atomic E-state index is 0.914. The van der Waals surface area contributed by atoms with Crippen LogP contribution < -0.4 is 10.0 Å². The molecular weight excluding hydrogens is 371 g/mol. The zero-order valence-electron chi connectivity index (χ0n) is 17.3. The summed E-state index contributed by atoms with van der Waals surface area (Å²) in [6, 6.07) is 18.0. The van der Waals surface area contributed by atoms with Gasteiger partial charge in [0.15, 0.2) is 0 Å². The van der Waals surface area contributed by atoms with Gasteiger partial charge in [0.25, 0.3) is 0 Å². The van der Waals surface area contributed by atoms with E-state index in [0.29, 0.717) is 0 Å². The standard InChI is InChI=1S/C27H29OP/c1-28-21-14-10-20(11-15-21)24-16-12-18-6-2-4-8-22(18)26(24)27-23-9-5-3-7-19(23)13-17-25(27)29/h10-17H,2-9,29H2,1H3. The molecule has 0 aliphatic heterocycles. The number of rotatable bonds is 3. The van der Waals surface area contributed by atoms with Crippen LogP contribution in [0.2, 0.25) is 0 Å². The van der Waals surface area contributed by atoms with Crippen LogP contribution in [0.4, 0.5) is 0 Å². The van der Waals surface area contributed by atoms with Crippen LogP contribution in [0, 0.1) is 0 Å². The molecule has 2 aliphatic carbocycles. The molecule has 2 aliphatic rings. The molecular formula is C27H29OP. The highest BCUT2D eigenvalue weighted by atomic mass is 31.0. The summed E-state index contributed by atoms with van der Waals surface area (Å²) in [5.41, 5.74) is 12.0. The van der Waals surface area contributed by atoms with Gasteiger partial charge in [-0.2, -0.15) is 0 Å². The number of hydrogen-bond acceptors (Lipinski definition) is 1. The molecule has 29 heavy (non-hydrogen) atoms. The van der Waals surface area contributed by atoms with E-state index in [4.69, 9.17) is 4.74 Å². The number of ether oxygens (including phenoxy) is 1. The van der Waals surface area contributed by atoms with Crippen molar-refractivity contribution in [3.05, 3.63) is 70.8 Å². The lowest BCUT2D eigenvalue weighted by Crippen LogP contribution is -2.14. The molecule has 0 heterocycles. The van der Waals surface area contributed by atoms with Gasteiger partial charge in [-0.1, -0.05) is 36.4 Å². The smallest absolute Gasteiger partial charge is 0.118 e. The summed E-state index contributed by atoms with van der Waals surface area (Å²) in [5, 5.41) is 1.35. The van der Waals surface area contributed by atoms with Gasteiger partial charge in [-0.25, -0.2) is 0 Å². The summed E-state index contributed by atoms with van der Waals surface area (Å²) in [7, 11) is 4.77. The molecule has 1 nitrogen and oxygen atoms in total. The van der Waals surface area contributed by atoms with Crippen LogP contribution in [-0.4, -0.2) is 7.11 Å². The Morgan fingerprint density at radius 1 is 0.655 bits per heavy atom. The van der Waals surface area contributed by atoms with Gasteiger partial charge in [0, 0.05) is 0 Å². The average Bonchev–Trinajstić information content (AvgIpc) is 2.79. The van der Waals surface area contributed by atoms with Crippen molar-refractivity contribution in [3.8, 4) is 28.0 Å². The van der Waals surface area contributed by atoms with Crippen LogP contribution >= 0.6 is 9.24 Å². The van der Waals surface area contributed by atoms with Crippen molar-refractivity contribution in [1.29, 1.82) is 0 Å². The summed E-state index contributed by atoms with van der Waals surface area (Å²) in [4.78, 5) is 0. The van der Waals surface area contributed by atoms with Crippen molar-refractivity contribution in [2.75, 3.05) is 7.11 Å². The zero-order valence-corrected chi connectivity index (χ0v) is 18.4. The minimum Gasteiger partial charge on any atom is -0.497 e. The van der Waals surface area contributed by atoms with Crippen LogP contribution in [0.5, 0.6) is 5.75 Å². The topological polar surface area (TPSA) is 9.23 Å². The van der Waals surface area contributed by atoms with E-state index < -0.39 is 0 Å². The van der Waals surface area contributed by atoms with Crippen molar-refractivity contribution in [3.63, 3.8) is 0 Å². The second-order valence-electron chi connectivity index (χ2n) is 8.44. The van der Waals surface area contributed by atoms with Gasteiger partial charge in [0.1, 0.15) is 5.75 Å². The normalized spacial score (nSPS) is 15.5. The summed E-state index contributed by atoms with van der Waals surface area (Å²) in [5.74, 6) is 0.914. The van der Waals surface area contributed by atoms with Crippen molar-refractivity contribution in [2.24, 2.45) is 0 Å². The van der Waals surface area contributed by atoms with E-state index in [1.807, 2.05) is 0 Å². The van der Waals surface area contributed by atoms with E-state index in [1.54, 1.807) is 29.4 Å². The Kier molecular flexibility index (Phi) is 5.18. The molecule has 5 rings (SSSR count). The maximum Gasteiger partial charge on any atom is 0.118 e. The maximum atomic E-state index is 5.40. The van der Waals surface area contributed by atoms with Gasteiger partial charge in [0.05, 0.1) is 7.11 Å². The number of hydrogen-bond donors (Lipinski definition) is 0. The zero-order chi connectivity index (χ0) is 19.8. The molecule has 0 radical (unpaired) electrons. The molecule has 1 atom stereocenters. The molecule has 0 amide bonds. The molecule has 3 aromatic rings. The molecule has 0 aromatic heterocycles. The Balaban J connectivity index is 1.79. The van der Waals surface area contributed by atoms with Crippen LogP contribution in [0.3, 0.4) is 0 Å². The van der Waals surface area contributed by atoms with E-state index in [0.717, 1.165) is 5.75 Å². The Morgan fingerprint density at radius 2 is 1.24 bits per heavy atom. The maximum absolute atomic E-state index is 5.40. The first kappa shape index (κ1) is 18.9. The molecule has 0 bridgehead atoms. The van der Waals surface area contributed by atoms with Crippen molar-refractivity contribution in [1.82, 2.24) is 0 Å².